The Kier molecular flexibility index (Phi) is 3.11. The maximum absolute atomic E-state index is 13.8. The first-order valence-electron chi connectivity index (χ1n) is 5.05. The third-order valence-electron chi connectivity index (χ3n) is 2.48. The van der Waals surface area contributed by atoms with Crippen molar-refractivity contribution < 1.29 is 4.39 Å². The van der Waals surface area contributed by atoms with Gasteiger partial charge in [0.2, 0.25) is 0 Å². The minimum Gasteiger partial charge on any atom is -0.383 e. The number of hydrogen-bond acceptors (Lipinski definition) is 3. The monoisotopic (exact) mass is 295 g/mol. The van der Waals surface area contributed by atoms with E-state index in [4.69, 9.17) is 5.73 Å². The Bertz CT molecular complexity index is 584. The lowest BCUT2D eigenvalue weighted by molar-refractivity contribution is 0.630. The first-order chi connectivity index (χ1) is 7.99. The summed E-state index contributed by atoms with van der Waals surface area (Å²) < 4.78 is 14.6. The van der Waals surface area contributed by atoms with E-state index in [9.17, 15) is 4.39 Å². The number of nitrogens with zero attached hydrogens (tertiary/aromatic N) is 2. The van der Waals surface area contributed by atoms with E-state index < -0.39 is 0 Å². The Balaban J connectivity index is 2.72. The third kappa shape index (κ3) is 2.29. The highest BCUT2D eigenvalue weighted by Gasteiger charge is 2.13. The van der Waals surface area contributed by atoms with E-state index in [0.29, 0.717) is 28.5 Å². The van der Waals surface area contributed by atoms with E-state index in [2.05, 4.69) is 25.9 Å². The van der Waals surface area contributed by atoms with Crippen molar-refractivity contribution in [2.75, 3.05) is 5.73 Å². The van der Waals surface area contributed by atoms with Crippen LogP contribution in [-0.2, 0) is 0 Å². The van der Waals surface area contributed by atoms with Crippen molar-refractivity contribution in [2.45, 2.75) is 13.8 Å². The van der Waals surface area contributed by atoms with E-state index in [-0.39, 0.29) is 5.82 Å². The van der Waals surface area contributed by atoms with Crippen LogP contribution in [0.3, 0.4) is 0 Å². The average Bonchev–Trinajstić information content (AvgIpc) is 2.27. The molecule has 0 bridgehead atoms. The summed E-state index contributed by atoms with van der Waals surface area (Å²) in [5.74, 6) is 0.586. The second kappa shape index (κ2) is 4.41. The van der Waals surface area contributed by atoms with Gasteiger partial charge < -0.3 is 5.73 Å². The zero-order valence-electron chi connectivity index (χ0n) is 9.46. The van der Waals surface area contributed by atoms with Crippen LogP contribution in [0.25, 0.3) is 11.3 Å². The Morgan fingerprint density at radius 2 is 1.94 bits per heavy atom. The number of nitrogens with two attached hydrogens (primary N) is 1. The number of hydrogen-bond donors (Lipinski definition) is 1. The van der Waals surface area contributed by atoms with E-state index in [1.807, 2.05) is 0 Å². The topological polar surface area (TPSA) is 51.8 Å². The van der Waals surface area contributed by atoms with Crippen LogP contribution >= 0.6 is 15.9 Å². The van der Waals surface area contributed by atoms with Crippen LogP contribution in [0.15, 0.2) is 22.7 Å². The van der Waals surface area contributed by atoms with E-state index in [1.54, 1.807) is 26.0 Å². The highest BCUT2D eigenvalue weighted by molar-refractivity contribution is 9.10. The molecule has 0 aliphatic carbocycles. The predicted molar refractivity (Wildman–Crippen MR) is 69.0 cm³/mol. The number of rotatable bonds is 1. The summed E-state index contributed by atoms with van der Waals surface area (Å²) >= 11 is 3.31. The quantitative estimate of drug-likeness (QED) is 0.879. The van der Waals surface area contributed by atoms with Crippen LogP contribution in [0, 0.1) is 19.7 Å². The molecule has 0 amide bonds. The second-order valence-corrected chi connectivity index (χ2v) is 4.67. The largest absolute Gasteiger partial charge is 0.383 e. The van der Waals surface area contributed by atoms with Gasteiger partial charge in [-0.3, -0.25) is 0 Å². The van der Waals surface area contributed by atoms with Crippen LogP contribution in [0.4, 0.5) is 10.2 Å². The lowest BCUT2D eigenvalue weighted by atomic mass is 10.1. The van der Waals surface area contributed by atoms with Crippen LogP contribution in [0.1, 0.15) is 11.4 Å². The molecule has 2 N–H and O–H groups in total. The molecule has 17 heavy (non-hydrogen) atoms. The van der Waals surface area contributed by atoms with Crippen molar-refractivity contribution in [1.82, 2.24) is 9.97 Å². The summed E-state index contributed by atoms with van der Waals surface area (Å²) in [5.41, 5.74) is 7.41. The summed E-state index contributed by atoms with van der Waals surface area (Å²) in [6.07, 6.45) is 0. The molecule has 1 aromatic carbocycles. The van der Waals surface area contributed by atoms with Crippen molar-refractivity contribution >= 4 is 21.7 Å². The maximum Gasteiger partial charge on any atom is 0.132 e. The first-order valence-corrected chi connectivity index (χ1v) is 5.84. The molecule has 0 saturated carbocycles. The average molecular weight is 296 g/mol. The molecular weight excluding hydrogens is 285 g/mol. The Morgan fingerprint density at radius 3 is 2.65 bits per heavy atom. The maximum atomic E-state index is 13.8. The van der Waals surface area contributed by atoms with Gasteiger partial charge >= 0.3 is 0 Å². The summed E-state index contributed by atoms with van der Waals surface area (Å²) in [7, 11) is 0. The van der Waals surface area contributed by atoms with E-state index >= 15 is 0 Å². The molecule has 0 radical (unpaired) electrons. The fraction of sp³-hybridized carbons (Fsp3) is 0.167. The van der Waals surface area contributed by atoms with Crippen molar-refractivity contribution in [2.24, 2.45) is 0 Å². The number of anilines is 1. The molecule has 0 unspecified atom stereocenters. The normalized spacial score (nSPS) is 10.6. The Labute approximate surface area is 107 Å². The fourth-order valence-electron chi connectivity index (χ4n) is 1.59. The van der Waals surface area contributed by atoms with Crippen molar-refractivity contribution in [3.63, 3.8) is 0 Å². The van der Waals surface area contributed by atoms with Crippen LogP contribution in [0.2, 0.25) is 0 Å². The fourth-order valence-corrected chi connectivity index (χ4v) is 1.95. The van der Waals surface area contributed by atoms with Crippen LogP contribution in [0.5, 0.6) is 0 Å². The van der Waals surface area contributed by atoms with E-state index in [1.165, 1.54) is 6.07 Å². The molecule has 0 spiro atoms. The van der Waals surface area contributed by atoms with Gasteiger partial charge in [-0.05, 0) is 32.0 Å². The van der Waals surface area contributed by atoms with Gasteiger partial charge in [-0.25, -0.2) is 14.4 Å². The number of nitrogen functional groups attached to an aromatic ring is 1. The smallest absolute Gasteiger partial charge is 0.132 e. The highest BCUT2D eigenvalue weighted by Crippen LogP contribution is 2.29. The summed E-state index contributed by atoms with van der Waals surface area (Å²) in [6.45, 7) is 3.51. The number of benzene rings is 1. The summed E-state index contributed by atoms with van der Waals surface area (Å²) in [5, 5.41) is 0. The van der Waals surface area contributed by atoms with Crippen molar-refractivity contribution in [3.05, 3.63) is 39.9 Å². The third-order valence-corrected chi connectivity index (χ3v) is 2.97. The van der Waals surface area contributed by atoms with Crippen molar-refractivity contribution in [1.29, 1.82) is 0 Å². The second-order valence-electron chi connectivity index (χ2n) is 3.75. The lowest BCUT2D eigenvalue weighted by Crippen LogP contribution is -2.03. The molecule has 88 valence electrons. The van der Waals surface area contributed by atoms with E-state index in [0.717, 1.165) is 4.47 Å². The molecular formula is C12H11BrFN3. The molecule has 0 fully saturated rings. The highest BCUT2D eigenvalue weighted by atomic mass is 79.9. The molecule has 2 rings (SSSR count). The molecule has 0 aliphatic heterocycles. The van der Waals surface area contributed by atoms with Crippen LogP contribution in [-0.4, -0.2) is 9.97 Å². The summed E-state index contributed by atoms with van der Waals surface area (Å²) in [4.78, 5) is 8.30. The zero-order valence-corrected chi connectivity index (χ0v) is 11.0. The molecule has 0 aliphatic rings. The number of halogens is 2. The number of aryl methyl sites for hydroxylation is 1. The molecule has 5 heteroatoms. The minimum atomic E-state index is -0.325. The molecule has 3 nitrogen and oxygen atoms in total. The Hall–Kier alpha value is -1.49. The molecule has 2 aromatic rings. The van der Waals surface area contributed by atoms with Gasteiger partial charge in [-0.1, -0.05) is 15.9 Å². The molecule has 0 saturated heterocycles. The summed E-state index contributed by atoms with van der Waals surface area (Å²) in [6, 6.07) is 4.72. The standard InChI is InChI=1S/C12H11BrFN3/c1-6-11(16-7(2)17-12(6)15)9-5-8(13)3-4-10(9)14/h3-5H,1-2H3,(H2,15,16,17). The minimum absolute atomic E-state index is 0.325. The molecule has 1 heterocycles. The SMILES string of the molecule is Cc1nc(N)c(C)c(-c2cc(Br)ccc2F)n1. The first kappa shape index (κ1) is 12.0. The van der Waals surface area contributed by atoms with Crippen molar-refractivity contribution in [3.8, 4) is 11.3 Å². The van der Waals surface area contributed by atoms with Gasteiger partial charge in [-0.15, -0.1) is 0 Å². The molecule has 0 atom stereocenters. The lowest BCUT2D eigenvalue weighted by Gasteiger charge is -2.09. The van der Waals surface area contributed by atoms with Gasteiger partial charge in [0.25, 0.3) is 0 Å². The number of aromatic nitrogens is 2. The van der Waals surface area contributed by atoms with Gasteiger partial charge in [0.05, 0.1) is 5.69 Å². The zero-order chi connectivity index (χ0) is 12.6. The van der Waals surface area contributed by atoms with Gasteiger partial charge in [-0.2, -0.15) is 0 Å². The van der Waals surface area contributed by atoms with Crippen LogP contribution < -0.4 is 5.73 Å². The van der Waals surface area contributed by atoms with Gasteiger partial charge in [0.1, 0.15) is 17.5 Å². The molecule has 1 aromatic heterocycles. The Morgan fingerprint density at radius 1 is 1.24 bits per heavy atom. The predicted octanol–water partition coefficient (Wildman–Crippen LogP) is 3.24. The van der Waals surface area contributed by atoms with Gasteiger partial charge in [0, 0.05) is 15.6 Å². The van der Waals surface area contributed by atoms with Gasteiger partial charge in [0.15, 0.2) is 0 Å².